The predicted molar refractivity (Wildman–Crippen MR) is 238 cm³/mol. The number of ether oxygens (including phenoxy) is 1. The number of likely N-dealkylation sites (tertiary alicyclic amines) is 1. The van der Waals surface area contributed by atoms with E-state index in [0.29, 0.717) is 17.6 Å². The quantitative estimate of drug-likeness (QED) is 0.157. The number of aromatic nitrogens is 3. The molecule has 8 nitrogen and oxygen atoms in total. The third kappa shape index (κ3) is 7.27. The lowest BCUT2D eigenvalue weighted by atomic mass is 9.69. The molecule has 9 heteroatoms. The van der Waals surface area contributed by atoms with Crippen LogP contribution in [0, 0.1) is 32.6 Å². The molecule has 4 aromatic carbocycles. The zero-order chi connectivity index (χ0) is 40.2. The standard InChI is InChI=1S/C50H54N6O2S/c1-31-33(3)59-50-46(31)48(51-32(2)49-53-52-34(4)56(49)50)39-10-15-41(16-11-39)55-24-22-35(23-25-55)27-54-28-36(29-54)30-58-43-18-12-38(13-19-43)47-44(37-8-6-5-7-9-37)20-14-40-26-42(57)17-21-45(40)47/h5-13,15-19,21,26,32,35-36,44,47,57H,14,20,22-25,27-30H2,1-4H3/t32-,44?,47?/m0/s1. The van der Waals surface area contributed by atoms with Gasteiger partial charge in [0.25, 0.3) is 0 Å². The minimum atomic E-state index is -0.0749. The molecule has 5 heterocycles. The zero-order valence-corrected chi connectivity index (χ0v) is 35.5. The number of thiophene rings is 1. The van der Waals surface area contributed by atoms with Crippen LogP contribution in [0.1, 0.15) is 99.5 Å². The van der Waals surface area contributed by atoms with E-state index in [2.05, 4.69) is 130 Å². The molecule has 10 rings (SSSR count). The van der Waals surface area contributed by atoms with Crippen LogP contribution < -0.4 is 9.64 Å². The fourth-order valence-corrected chi connectivity index (χ4v) is 11.5. The Labute approximate surface area is 352 Å². The number of hydrogen-bond donors (Lipinski definition) is 1. The highest BCUT2D eigenvalue weighted by Crippen LogP contribution is 2.47. The van der Waals surface area contributed by atoms with Gasteiger partial charge in [0.2, 0.25) is 0 Å². The van der Waals surface area contributed by atoms with Crippen molar-refractivity contribution in [2.75, 3.05) is 44.2 Å². The molecule has 3 aliphatic heterocycles. The van der Waals surface area contributed by atoms with Gasteiger partial charge < -0.3 is 19.6 Å². The molecule has 4 aliphatic rings. The van der Waals surface area contributed by atoms with Crippen LogP contribution in [0.3, 0.4) is 0 Å². The van der Waals surface area contributed by atoms with E-state index < -0.39 is 0 Å². The highest BCUT2D eigenvalue weighted by molar-refractivity contribution is 7.15. The Kier molecular flexibility index (Phi) is 10.1. The van der Waals surface area contributed by atoms with Crippen LogP contribution in [0.5, 0.6) is 11.5 Å². The molecule has 3 atom stereocenters. The van der Waals surface area contributed by atoms with Crippen molar-refractivity contribution >= 4 is 22.7 Å². The summed E-state index contributed by atoms with van der Waals surface area (Å²) < 4.78 is 8.58. The Morgan fingerprint density at radius 2 is 1.58 bits per heavy atom. The van der Waals surface area contributed by atoms with E-state index in [-0.39, 0.29) is 12.0 Å². The first kappa shape index (κ1) is 38.0. The maximum Gasteiger partial charge on any atom is 0.162 e. The lowest BCUT2D eigenvalue weighted by Crippen LogP contribution is -2.51. The van der Waals surface area contributed by atoms with Gasteiger partial charge in [-0.25, -0.2) is 0 Å². The van der Waals surface area contributed by atoms with Crippen molar-refractivity contribution in [3.63, 3.8) is 0 Å². The third-order valence-electron chi connectivity index (χ3n) is 13.6. The van der Waals surface area contributed by atoms with E-state index in [9.17, 15) is 5.11 Å². The summed E-state index contributed by atoms with van der Waals surface area (Å²) in [5, 5.41) is 20.3. The lowest BCUT2D eigenvalue weighted by Gasteiger charge is -2.43. The van der Waals surface area contributed by atoms with Gasteiger partial charge in [-0.2, -0.15) is 0 Å². The monoisotopic (exact) mass is 802 g/mol. The van der Waals surface area contributed by atoms with Gasteiger partial charge in [0.05, 0.1) is 12.3 Å². The minimum Gasteiger partial charge on any atom is -0.508 e. The molecule has 0 radical (unpaired) electrons. The minimum absolute atomic E-state index is 0.0749. The molecule has 1 N–H and O–H groups in total. The molecule has 1 aliphatic carbocycles. The number of aliphatic imine (C=N–C) groups is 1. The van der Waals surface area contributed by atoms with Crippen LogP contribution >= 0.6 is 11.3 Å². The summed E-state index contributed by atoms with van der Waals surface area (Å²) in [6, 6.07) is 34.7. The predicted octanol–water partition coefficient (Wildman–Crippen LogP) is 9.96. The summed E-state index contributed by atoms with van der Waals surface area (Å²) in [4.78, 5) is 11.8. The van der Waals surface area contributed by atoms with Gasteiger partial charge in [0.1, 0.15) is 28.4 Å². The van der Waals surface area contributed by atoms with Crippen molar-refractivity contribution in [3.05, 3.63) is 153 Å². The molecular weight excluding hydrogens is 749 g/mol. The molecule has 2 aromatic heterocycles. The van der Waals surface area contributed by atoms with Crippen LogP contribution in [-0.4, -0.2) is 69.8 Å². The van der Waals surface area contributed by atoms with Crippen molar-refractivity contribution in [2.24, 2.45) is 16.8 Å². The first-order valence-electron chi connectivity index (χ1n) is 21.5. The van der Waals surface area contributed by atoms with Crippen LogP contribution in [0.15, 0.2) is 102 Å². The molecule has 59 heavy (non-hydrogen) atoms. The van der Waals surface area contributed by atoms with Gasteiger partial charge in [-0.05, 0) is 129 Å². The number of fused-ring (bicyclic) bond motifs is 4. The van der Waals surface area contributed by atoms with Gasteiger partial charge in [-0.1, -0.05) is 60.7 Å². The van der Waals surface area contributed by atoms with E-state index in [1.54, 1.807) is 0 Å². The number of rotatable bonds is 9. The smallest absolute Gasteiger partial charge is 0.162 e. The second-order valence-electron chi connectivity index (χ2n) is 17.4. The number of phenols is 1. The number of aryl methyl sites for hydroxylation is 3. The molecular formula is C50H54N6O2S. The number of nitrogens with zero attached hydrogens (tertiary/aromatic N) is 6. The van der Waals surface area contributed by atoms with Gasteiger partial charge in [-0.3, -0.25) is 9.56 Å². The fourth-order valence-electron chi connectivity index (χ4n) is 10.2. The Morgan fingerprint density at radius 1 is 0.814 bits per heavy atom. The summed E-state index contributed by atoms with van der Waals surface area (Å²) in [7, 11) is 0. The van der Waals surface area contributed by atoms with Crippen molar-refractivity contribution in [1.29, 1.82) is 0 Å². The normalized spacial score (nSPS) is 20.9. The van der Waals surface area contributed by atoms with Gasteiger partial charge in [0.15, 0.2) is 5.82 Å². The Morgan fingerprint density at radius 3 is 2.34 bits per heavy atom. The van der Waals surface area contributed by atoms with E-state index in [4.69, 9.17) is 9.73 Å². The second kappa shape index (κ2) is 15.7. The highest BCUT2D eigenvalue weighted by atomic mass is 32.1. The summed E-state index contributed by atoms with van der Waals surface area (Å²) in [6.45, 7) is 15.0. The third-order valence-corrected chi connectivity index (χ3v) is 14.8. The first-order valence-corrected chi connectivity index (χ1v) is 22.4. The van der Waals surface area contributed by atoms with Crippen LogP contribution in [0.4, 0.5) is 5.69 Å². The van der Waals surface area contributed by atoms with E-state index >= 15 is 0 Å². The fraction of sp³-hybridized carbons (Fsp3) is 0.380. The molecule has 0 amide bonds. The van der Waals surface area contributed by atoms with Crippen LogP contribution in [0.25, 0.3) is 5.00 Å². The summed E-state index contributed by atoms with van der Waals surface area (Å²) in [5.41, 5.74) is 11.3. The second-order valence-corrected chi connectivity index (χ2v) is 18.6. The van der Waals surface area contributed by atoms with Crippen molar-refractivity contribution < 1.29 is 9.84 Å². The molecule has 0 spiro atoms. The maximum atomic E-state index is 10.2. The van der Waals surface area contributed by atoms with Crippen molar-refractivity contribution in [2.45, 2.75) is 71.3 Å². The van der Waals surface area contributed by atoms with E-state index in [1.165, 1.54) is 68.3 Å². The Hall–Kier alpha value is -5.25. The number of piperidine rings is 1. The van der Waals surface area contributed by atoms with Gasteiger partial charge in [-0.15, -0.1) is 21.5 Å². The topological polar surface area (TPSA) is 79.0 Å². The number of aromatic hydroxyl groups is 1. The highest BCUT2D eigenvalue weighted by Gasteiger charge is 2.34. The largest absolute Gasteiger partial charge is 0.508 e. The molecule has 302 valence electrons. The van der Waals surface area contributed by atoms with Gasteiger partial charge in [0, 0.05) is 66.3 Å². The SMILES string of the molecule is Cc1sc2c(c1C)C(c1ccc(N3CCC(CN4CC(COc5ccc(C6c7ccc(O)cc7CCC6c6ccccc6)cc5)C4)CC3)cc1)=N[C@@H](C)c1nnc(C)n1-2. The average Bonchev–Trinajstić information content (AvgIpc) is 3.74. The Bertz CT molecular complexity index is 2480. The first-order chi connectivity index (χ1) is 28.8. The van der Waals surface area contributed by atoms with E-state index in [0.717, 1.165) is 80.2 Å². The average molecular weight is 803 g/mol. The summed E-state index contributed by atoms with van der Waals surface area (Å²) >= 11 is 1.81. The number of benzene rings is 4. The van der Waals surface area contributed by atoms with Crippen LogP contribution in [-0.2, 0) is 6.42 Å². The van der Waals surface area contributed by atoms with Crippen molar-refractivity contribution in [3.8, 4) is 16.5 Å². The Balaban J connectivity index is 0.711. The zero-order valence-electron chi connectivity index (χ0n) is 34.6. The lowest BCUT2D eigenvalue weighted by molar-refractivity contribution is 0.0454. The number of anilines is 1. The molecule has 0 bridgehead atoms. The van der Waals surface area contributed by atoms with Crippen molar-refractivity contribution in [1.82, 2.24) is 19.7 Å². The van der Waals surface area contributed by atoms with E-state index in [1.807, 2.05) is 30.4 Å². The molecule has 0 saturated carbocycles. The van der Waals surface area contributed by atoms with Gasteiger partial charge >= 0.3 is 0 Å². The number of hydrogen-bond acceptors (Lipinski definition) is 8. The molecule has 2 fully saturated rings. The molecule has 2 unspecified atom stereocenters. The summed E-state index contributed by atoms with van der Waals surface area (Å²) in [5.74, 6) is 5.09. The molecule has 6 aromatic rings. The number of phenolic OH excluding ortho intramolecular Hbond substituents is 1. The molecule has 2 saturated heterocycles. The van der Waals surface area contributed by atoms with Crippen LogP contribution in [0.2, 0.25) is 0 Å². The maximum absolute atomic E-state index is 10.2. The summed E-state index contributed by atoms with van der Waals surface area (Å²) in [6.07, 6.45) is 4.50.